The van der Waals surface area contributed by atoms with Gasteiger partial charge in [-0.05, 0) is 12.1 Å². The highest BCUT2D eigenvalue weighted by Gasteiger charge is 2.78. The SMILES string of the molecule is O=C(O)C1(c2ccc(C(F)(F)F)s2)CC1(F)F. The maximum Gasteiger partial charge on any atom is 0.425 e. The Balaban J connectivity index is 2.42. The molecule has 2 rings (SSSR count). The van der Waals surface area contributed by atoms with Crippen LogP contribution in [0, 0.1) is 0 Å². The van der Waals surface area contributed by atoms with Crippen LogP contribution in [0.1, 0.15) is 16.2 Å². The van der Waals surface area contributed by atoms with E-state index in [9.17, 15) is 26.7 Å². The molecule has 17 heavy (non-hydrogen) atoms. The molecule has 0 spiro atoms. The lowest BCUT2D eigenvalue weighted by Crippen LogP contribution is -2.25. The summed E-state index contributed by atoms with van der Waals surface area (Å²) in [6, 6.07) is 1.43. The van der Waals surface area contributed by atoms with Crippen molar-refractivity contribution in [3.63, 3.8) is 0 Å². The second-order valence-electron chi connectivity index (χ2n) is 3.75. The Kier molecular flexibility index (Phi) is 2.30. The summed E-state index contributed by atoms with van der Waals surface area (Å²) in [4.78, 5) is 9.27. The van der Waals surface area contributed by atoms with Crippen LogP contribution in [0.25, 0.3) is 0 Å². The molecule has 1 aromatic rings. The molecule has 1 fully saturated rings. The lowest BCUT2D eigenvalue weighted by molar-refractivity contribution is -0.143. The zero-order valence-corrected chi connectivity index (χ0v) is 8.83. The van der Waals surface area contributed by atoms with E-state index in [0.717, 1.165) is 6.07 Å². The van der Waals surface area contributed by atoms with Gasteiger partial charge in [0.1, 0.15) is 4.88 Å². The molecular weight excluding hydrogens is 267 g/mol. The maximum absolute atomic E-state index is 13.0. The van der Waals surface area contributed by atoms with Crippen molar-refractivity contribution in [1.82, 2.24) is 0 Å². The van der Waals surface area contributed by atoms with E-state index in [1.807, 2.05) is 0 Å². The predicted octanol–water partition coefficient (Wildman–Crippen LogP) is 3.13. The molecule has 0 aliphatic heterocycles. The quantitative estimate of drug-likeness (QED) is 0.840. The van der Waals surface area contributed by atoms with Crippen molar-refractivity contribution < 1.29 is 31.9 Å². The average Bonchev–Trinajstić information content (AvgIpc) is 2.61. The third-order valence-corrected chi connectivity index (χ3v) is 3.95. The molecule has 8 heteroatoms. The van der Waals surface area contributed by atoms with E-state index in [4.69, 9.17) is 5.11 Å². The molecular formula is C9H5F5O2S. The van der Waals surface area contributed by atoms with Crippen LogP contribution >= 0.6 is 11.3 Å². The fraction of sp³-hybridized carbons (Fsp3) is 0.444. The van der Waals surface area contributed by atoms with Gasteiger partial charge in [0.15, 0.2) is 5.41 Å². The fourth-order valence-corrected chi connectivity index (χ4v) is 2.72. The summed E-state index contributed by atoms with van der Waals surface area (Å²) in [5, 5.41) is 8.75. The highest BCUT2D eigenvalue weighted by molar-refractivity contribution is 7.12. The summed E-state index contributed by atoms with van der Waals surface area (Å²) in [7, 11) is 0. The molecule has 1 N–H and O–H groups in total. The highest BCUT2D eigenvalue weighted by atomic mass is 32.1. The summed E-state index contributed by atoms with van der Waals surface area (Å²) >= 11 is 0.0541. The number of halogens is 5. The summed E-state index contributed by atoms with van der Waals surface area (Å²) in [5.41, 5.74) is -2.47. The summed E-state index contributed by atoms with van der Waals surface area (Å²) in [6.07, 6.45) is -5.60. The lowest BCUT2D eigenvalue weighted by Gasteiger charge is -2.08. The first-order chi connectivity index (χ1) is 7.61. The van der Waals surface area contributed by atoms with Gasteiger partial charge in [0.05, 0.1) is 0 Å². The number of rotatable bonds is 2. The van der Waals surface area contributed by atoms with Crippen LogP contribution in [0.3, 0.4) is 0 Å². The number of alkyl halides is 5. The van der Waals surface area contributed by atoms with E-state index in [1.165, 1.54) is 0 Å². The Labute approximate surface area is 95.7 Å². The van der Waals surface area contributed by atoms with Crippen LogP contribution < -0.4 is 0 Å². The normalized spacial score (nSPS) is 26.9. The number of carboxylic acid groups (broad SMARTS) is 1. The second-order valence-corrected chi connectivity index (χ2v) is 4.84. The van der Waals surface area contributed by atoms with Gasteiger partial charge < -0.3 is 5.11 Å². The first kappa shape index (κ1) is 12.3. The maximum atomic E-state index is 13.0. The van der Waals surface area contributed by atoms with E-state index in [-0.39, 0.29) is 11.3 Å². The van der Waals surface area contributed by atoms with Gasteiger partial charge in [0.2, 0.25) is 0 Å². The largest absolute Gasteiger partial charge is 0.480 e. The molecule has 94 valence electrons. The van der Waals surface area contributed by atoms with E-state index in [1.54, 1.807) is 0 Å². The Hall–Kier alpha value is -1.18. The Morgan fingerprint density at radius 3 is 2.18 bits per heavy atom. The number of hydrogen-bond donors (Lipinski definition) is 1. The number of thiophene rings is 1. The first-order valence-corrected chi connectivity index (χ1v) is 5.22. The van der Waals surface area contributed by atoms with Crippen molar-refractivity contribution in [3.05, 3.63) is 21.9 Å². The molecule has 1 unspecified atom stereocenters. The van der Waals surface area contributed by atoms with Crippen molar-refractivity contribution in [3.8, 4) is 0 Å². The van der Waals surface area contributed by atoms with Gasteiger partial charge in [-0.25, -0.2) is 8.78 Å². The molecule has 0 amide bonds. The lowest BCUT2D eigenvalue weighted by atomic mass is 10.1. The van der Waals surface area contributed by atoms with Crippen LogP contribution in [-0.2, 0) is 16.4 Å². The van der Waals surface area contributed by atoms with Gasteiger partial charge in [0.25, 0.3) is 5.92 Å². The van der Waals surface area contributed by atoms with Gasteiger partial charge in [-0.15, -0.1) is 11.3 Å². The molecule has 0 aromatic carbocycles. The fourth-order valence-electron chi connectivity index (χ4n) is 1.61. The van der Waals surface area contributed by atoms with Gasteiger partial charge in [0, 0.05) is 11.3 Å². The molecule has 1 saturated carbocycles. The molecule has 0 saturated heterocycles. The van der Waals surface area contributed by atoms with Crippen LogP contribution in [-0.4, -0.2) is 17.0 Å². The Morgan fingerprint density at radius 1 is 1.35 bits per heavy atom. The molecule has 1 atom stereocenters. The molecule has 1 aromatic heterocycles. The van der Waals surface area contributed by atoms with Crippen molar-refractivity contribution in [2.45, 2.75) is 23.9 Å². The zero-order chi connectivity index (χ0) is 13.1. The van der Waals surface area contributed by atoms with Crippen LogP contribution in [0.2, 0.25) is 0 Å². The standard InChI is InChI=1S/C9H5F5O2S/c10-8(11)3-7(8,6(15)16)4-1-2-5(17-4)9(12,13)14/h1-2H,3H2,(H,15,16). The number of aliphatic carboxylic acids is 1. The monoisotopic (exact) mass is 272 g/mol. The van der Waals surface area contributed by atoms with Gasteiger partial charge in [-0.3, -0.25) is 4.79 Å². The number of carbonyl (C=O) groups is 1. The van der Waals surface area contributed by atoms with Crippen molar-refractivity contribution in [2.24, 2.45) is 0 Å². The van der Waals surface area contributed by atoms with E-state index >= 15 is 0 Å². The molecule has 1 aliphatic rings. The number of carboxylic acids is 1. The smallest absolute Gasteiger partial charge is 0.425 e. The summed E-state index contributed by atoms with van der Waals surface area (Å²) < 4.78 is 62.9. The minimum absolute atomic E-state index is 0.0541. The van der Waals surface area contributed by atoms with Crippen molar-refractivity contribution >= 4 is 17.3 Å². The topological polar surface area (TPSA) is 37.3 Å². The third-order valence-electron chi connectivity index (χ3n) is 2.66. The van der Waals surface area contributed by atoms with Gasteiger partial charge in [-0.1, -0.05) is 0 Å². The summed E-state index contributed by atoms with van der Waals surface area (Å²) in [5.74, 6) is -5.27. The third kappa shape index (κ3) is 1.62. The minimum Gasteiger partial charge on any atom is -0.480 e. The van der Waals surface area contributed by atoms with Gasteiger partial charge >= 0.3 is 12.1 Å². The van der Waals surface area contributed by atoms with E-state index < -0.39 is 39.7 Å². The second kappa shape index (κ2) is 3.18. The Morgan fingerprint density at radius 2 is 1.88 bits per heavy atom. The Bertz CT molecular complexity index is 478. The highest BCUT2D eigenvalue weighted by Crippen LogP contribution is 2.63. The van der Waals surface area contributed by atoms with E-state index in [2.05, 4.69) is 0 Å². The van der Waals surface area contributed by atoms with Gasteiger partial charge in [-0.2, -0.15) is 13.2 Å². The van der Waals surface area contributed by atoms with Crippen LogP contribution in [0.5, 0.6) is 0 Å². The minimum atomic E-state index is -4.65. The summed E-state index contributed by atoms with van der Waals surface area (Å²) in [6.45, 7) is 0. The molecule has 2 nitrogen and oxygen atoms in total. The zero-order valence-electron chi connectivity index (χ0n) is 8.02. The van der Waals surface area contributed by atoms with E-state index in [0.29, 0.717) is 6.07 Å². The predicted molar refractivity (Wildman–Crippen MR) is 48.2 cm³/mol. The molecule has 0 bridgehead atoms. The van der Waals surface area contributed by atoms with Crippen LogP contribution in [0.4, 0.5) is 22.0 Å². The molecule has 0 radical (unpaired) electrons. The average molecular weight is 272 g/mol. The molecule has 1 aliphatic carbocycles. The first-order valence-electron chi connectivity index (χ1n) is 4.40. The van der Waals surface area contributed by atoms with Crippen molar-refractivity contribution in [2.75, 3.05) is 0 Å². The molecule has 1 heterocycles. The van der Waals surface area contributed by atoms with Crippen LogP contribution in [0.15, 0.2) is 12.1 Å². The number of hydrogen-bond acceptors (Lipinski definition) is 2. The van der Waals surface area contributed by atoms with Crippen molar-refractivity contribution in [1.29, 1.82) is 0 Å².